The summed E-state index contributed by atoms with van der Waals surface area (Å²) in [5, 5.41) is 0. The first-order chi connectivity index (χ1) is 4.54. The standard InChI is InChI=1S/C7H12FNO/c1-7(2,8)6-3-9(4-6)5-10/h5-6H,3-4H2,1-2H3. The average Bonchev–Trinajstić information content (AvgIpc) is 1.57. The minimum atomic E-state index is -1.13. The van der Waals surface area contributed by atoms with Gasteiger partial charge in [0.05, 0.1) is 0 Å². The van der Waals surface area contributed by atoms with Gasteiger partial charge in [-0.15, -0.1) is 0 Å². The molecule has 0 bridgehead atoms. The van der Waals surface area contributed by atoms with Crippen LogP contribution in [0.1, 0.15) is 13.8 Å². The van der Waals surface area contributed by atoms with Crippen molar-refractivity contribution in [2.75, 3.05) is 13.1 Å². The van der Waals surface area contributed by atoms with E-state index in [4.69, 9.17) is 0 Å². The highest BCUT2D eigenvalue weighted by Gasteiger charge is 2.38. The second-order valence-electron chi connectivity index (χ2n) is 3.32. The molecule has 0 saturated carbocycles. The van der Waals surface area contributed by atoms with Crippen LogP contribution >= 0.6 is 0 Å². The van der Waals surface area contributed by atoms with Crippen LogP contribution in [0.25, 0.3) is 0 Å². The molecular formula is C7H12FNO. The quantitative estimate of drug-likeness (QED) is 0.527. The van der Waals surface area contributed by atoms with Crippen LogP contribution in [-0.4, -0.2) is 30.1 Å². The topological polar surface area (TPSA) is 20.3 Å². The maximum absolute atomic E-state index is 13.0. The van der Waals surface area contributed by atoms with E-state index in [1.165, 1.54) is 0 Å². The normalized spacial score (nSPS) is 20.5. The van der Waals surface area contributed by atoms with Crippen molar-refractivity contribution in [2.24, 2.45) is 5.92 Å². The van der Waals surface area contributed by atoms with Gasteiger partial charge in [0.2, 0.25) is 6.41 Å². The van der Waals surface area contributed by atoms with Gasteiger partial charge in [-0.05, 0) is 13.8 Å². The minimum absolute atomic E-state index is 0.0395. The molecule has 0 unspecified atom stereocenters. The van der Waals surface area contributed by atoms with Crippen molar-refractivity contribution in [2.45, 2.75) is 19.5 Å². The van der Waals surface area contributed by atoms with Crippen LogP contribution in [0, 0.1) is 5.92 Å². The third-order valence-corrected chi connectivity index (χ3v) is 2.03. The molecule has 0 radical (unpaired) electrons. The molecule has 10 heavy (non-hydrogen) atoms. The molecule has 3 heteroatoms. The van der Waals surface area contributed by atoms with Gasteiger partial charge in [0, 0.05) is 19.0 Å². The zero-order chi connectivity index (χ0) is 7.78. The van der Waals surface area contributed by atoms with E-state index >= 15 is 0 Å². The van der Waals surface area contributed by atoms with Crippen LogP contribution in [0.4, 0.5) is 4.39 Å². The van der Waals surface area contributed by atoms with Crippen molar-refractivity contribution in [1.82, 2.24) is 4.90 Å². The summed E-state index contributed by atoms with van der Waals surface area (Å²) >= 11 is 0. The SMILES string of the molecule is CC(C)(F)C1CN(C=O)C1. The first kappa shape index (κ1) is 7.51. The Morgan fingerprint density at radius 3 is 2.40 bits per heavy atom. The van der Waals surface area contributed by atoms with E-state index in [-0.39, 0.29) is 5.92 Å². The summed E-state index contributed by atoms with van der Waals surface area (Å²) in [5.41, 5.74) is -1.13. The minimum Gasteiger partial charge on any atom is -0.344 e. The summed E-state index contributed by atoms with van der Waals surface area (Å²) in [6.07, 6.45) is 0.766. The summed E-state index contributed by atoms with van der Waals surface area (Å²) in [5.74, 6) is 0.0395. The predicted octanol–water partition coefficient (Wildman–Crippen LogP) is 0.823. The van der Waals surface area contributed by atoms with Crippen molar-refractivity contribution in [1.29, 1.82) is 0 Å². The highest BCUT2D eigenvalue weighted by molar-refractivity contribution is 5.48. The largest absolute Gasteiger partial charge is 0.344 e. The number of nitrogens with zero attached hydrogens (tertiary/aromatic N) is 1. The summed E-state index contributed by atoms with van der Waals surface area (Å²) in [6.45, 7) is 4.26. The Labute approximate surface area is 60.0 Å². The molecule has 0 N–H and O–H groups in total. The molecule has 1 heterocycles. The fourth-order valence-electron chi connectivity index (χ4n) is 1.03. The van der Waals surface area contributed by atoms with Crippen LogP contribution in [0.15, 0.2) is 0 Å². The highest BCUT2D eigenvalue weighted by atomic mass is 19.1. The molecule has 0 spiro atoms. The van der Waals surface area contributed by atoms with Crippen LogP contribution in [0.5, 0.6) is 0 Å². The van der Waals surface area contributed by atoms with E-state index in [0.29, 0.717) is 13.1 Å². The lowest BCUT2D eigenvalue weighted by Gasteiger charge is -2.41. The third-order valence-electron chi connectivity index (χ3n) is 2.03. The number of rotatable bonds is 2. The van der Waals surface area contributed by atoms with Gasteiger partial charge in [-0.25, -0.2) is 4.39 Å². The Bertz CT molecular complexity index is 135. The lowest BCUT2D eigenvalue weighted by atomic mass is 9.86. The molecule has 0 aromatic heterocycles. The van der Waals surface area contributed by atoms with Gasteiger partial charge in [0.1, 0.15) is 5.67 Å². The fourth-order valence-corrected chi connectivity index (χ4v) is 1.03. The summed E-state index contributed by atoms with van der Waals surface area (Å²) in [6, 6.07) is 0. The van der Waals surface area contributed by atoms with E-state index in [2.05, 4.69) is 0 Å². The van der Waals surface area contributed by atoms with E-state index in [0.717, 1.165) is 6.41 Å². The molecule has 0 aromatic carbocycles. The molecular weight excluding hydrogens is 133 g/mol. The van der Waals surface area contributed by atoms with Gasteiger partial charge in [0.25, 0.3) is 0 Å². The summed E-state index contributed by atoms with van der Waals surface area (Å²) in [7, 11) is 0. The molecule has 1 rings (SSSR count). The molecule has 1 aliphatic heterocycles. The molecule has 58 valence electrons. The van der Waals surface area contributed by atoms with Crippen molar-refractivity contribution in [3.8, 4) is 0 Å². The smallest absolute Gasteiger partial charge is 0.209 e. The Kier molecular flexibility index (Phi) is 1.67. The van der Waals surface area contributed by atoms with E-state index in [1.807, 2.05) is 0 Å². The highest BCUT2D eigenvalue weighted by Crippen LogP contribution is 2.28. The molecule has 0 aromatic rings. The third kappa shape index (κ3) is 1.28. The molecule has 1 saturated heterocycles. The number of amides is 1. The van der Waals surface area contributed by atoms with Crippen LogP contribution in [-0.2, 0) is 4.79 Å². The van der Waals surface area contributed by atoms with Crippen molar-refractivity contribution < 1.29 is 9.18 Å². The fraction of sp³-hybridized carbons (Fsp3) is 0.857. The first-order valence-electron chi connectivity index (χ1n) is 3.42. The number of hydrogen-bond donors (Lipinski definition) is 0. The summed E-state index contributed by atoms with van der Waals surface area (Å²) in [4.78, 5) is 11.6. The van der Waals surface area contributed by atoms with Gasteiger partial charge in [-0.2, -0.15) is 0 Å². The van der Waals surface area contributed by atoms with E-state index in [9.17, 15) is 9.18 Å². The van der Waals surface area contributed by atoms with Gasteiger partial charge in [-0.3, -0.25) is 4.79 Å². The number of halogens is 1. The molecule has 0 atom stereocenters. The number of likely N-dealkylation sites (tertiary alicyclic amines) is 1. The zero-order valence-corrected chi connectivity index (χ0v) is 6.30. The number of carbonyl (C=O) groups excluding carboxylic acids is 1. The molecule has 1 aliphatic rings. The average molecular weight is 145 g/mol. The Morgan fingerprint density at radius 1 is 1.60 bits per heavy atom. The van der Waals surface area contributed by atoms with Gasteiger partial charge in [-0.1, -0.05) is 0 Å². The predicted molar refractivity (Wildman–Crippen MR) is 36.3 cm³/mol. The Balaban J connectivity index is 2.32. The first-order valence-corrected chi connectivity index (χ1v) is 3.42. The monoisotopic (exact) mass is 145 g/mol. The lowest BCUT2D eigenvalue weighted by molar-refractivity contribution is -0.127. The van der Waals surface area contributed by atoms with Crippen molar-refractivity contribution >= 4 is 6.41 Å². The molecule has 1 fully saturated rings. The number of alkyl halides is 1. The molecule has 0 aliphatic carbocycles. The van der Waals surface area contributed by atoms with Crippen molar-refractivity contribution in [3.63, 3.8) is 0 Å². The molecule has 1 amide bonds. The van der Waals surface area contributed by atoms with Gasteiger partial charge >= 0.3 is 0 Å². The number of hydrogen-bond acceptors (Lipinski definition) is 1. The second-order valence-corrected chi connectivity index (χ2v) is 3.32. The van der Waals surface area contributed by atoms with Crippen molar-refractivity contribution in [3.05, 3.63) is 0 Å². The lowest BCUT2D eigenvalue weighted by Crippen LogP contribution is -2.53. The maximum atomic E-state index is 13.0. The van der Waals surface area contributed by atoms with Gasteiger partial charge in [0.15, 0.2) is 0 Å². The van der Waals surface area contributed by atoms with E-state index in [1.54, 1.807) is 18.7 Å². The van der Waals surface area contributed by atoms with Crippen LogP contribution in [0.3, 0.4) is 0 Å². The van der Waals surface area contributed by atoms with E-state index < -0.39 is 5.67 Å². The van der Waals surface area contributed by atoms with Crippen LogP contribution < -0.4 is 0 Å². The number of carbonyl (C=O) groups is 1. The summed E-state index contributed by atoms with van der Waals surface area (Å²) < 4.78 is 13.0. The molecule has 2 nitrogen and oxygen atoms in total. The Hall–Kier alpha value is -0.600. The van der Waals surface area contributed by atoms with Crippen LogP contribution in [0.2, 0.25) is 0 Å². The second kappa shape index (κ2) is 2.22. The Morgan fingerprint density at radius 2 is 2.10 bits per heavy atom. The maximum Gasteiger partial charge on any atom is 0.209 e. The zero-order valence-electron chi connectivity index (χ0n) is 6.30. The van der Waals surface area contributed by atoms with Gasteiger partial charge < -0.3 is 4.90 Å².